The molecule has 0 aromatic heterocycles. The van der Waals surface area contributed by atoms with Crippen molar-refractivity contribution in [1.82, 2.24) is 15.5 Å². The standard InChI is InChI=1S/C14H22FN3/c1-12(18-7-5-16-6-8-18)10-17-11-13-3-2-4-14(15)9-13/h2-4,9,12,16-17H,5-8,10-11H2,1H3. The molecule has 0 spiro atoms. The van der Waals surface area contributed by atoms with Gasteiger partial charge in [0.15, 0.2) is 0 Å². The van der Waals surface area contributed by atoms with Crippen LogP contribution in [0.3, 0.4) is 0 Å². The van der Waals surface area contributed by atoms with Crippen molar-refractivity contribution in [2.45, 2.75) is 19.5 Å². The van der Waals surface area contributed by atoms with Crippen LogP contribution in [0.25, 0.3) is 0 Å². The van der Waals surface area contributed by atoms with Crippen LogP contribution in [0.4, 0.5) is 4.39 Å². The van der Waals surface area contributed by atoms with E-state index in [-0.39, 0.29) is 5.82 Å². The van der Waals surface area contributed by atoms with Crippen LogP contribution in [0, 0.1) is 5.82 Å². The molecule has 2 N–H and O–H groups in total. The lowest BCUT2D eigenvalue weighted by molar-refractivity contribution is 0.181. The first kappa shape index (κ1) is 13.5. The van der Waals surface area contributed by atoms with Gasteiger partial charge in [-0.25, -0.2) is 4.39 Å². The molecule has 3 nitrogen and oxygen atoms in total. The summed E-state index contributed by atoms with van der Waals surface area (Å²) in [5.74, 6) is -0.163. The summed E-state index contributed by atoms with van der Waals surface area (Å²) < 4.78 is 13.0. The summed E-state index contributed by atoms with van der Waals surface area (Å²) in [6, 6.07) is 7.30. The molecular formula is C14H22FN3. The van der Waals surface area contributed by atoms with Crippen molar-refractivity contribution in [2.24, 2.45) is 0 Å². The van der Waals surface area contributed by atoms with Gasteiger partial charge in [0, 0.05) is 45.3 Å². The van der Waals surface area contributed by atoms with E-state index in [4.69, 9.17) is 0 Å². The van der Waals surface area contributed by atoms with Gasteiger partial charge in [0.25, 0.3) is 0 Å². The lowest BCUT2D eigenvalue weighted by Crippen LogP contribution is -2.50. The molecule has 1 atom stereocenters. The molecule has 0 amide bonds. The van der Waals surface area contributed by atoms with Crippen LogP contribution in [0.5, 0.6) is 0 Å². The molecule has 1 unspecified atom stereocenters. The van der Waals surface area contributed by atoms with Gasteiger partial charge in [-0.15, -0.1) is 0 Å². The summed E-state index contributed by atoms with van der Waals surface area (Å²) in [7, 11) is 0. The molecular weight excluding hydrogens is 229 g/mol. The molecule has 1 aliphatic heterocycles. The molecule has 2 rings (SSSR count). The van der Waals surface area contributed by atoms with Crippen LogP contribution in [-0.2, 0) is 6.54 Å². The Balaban J connectivity index is 1.71. The fraction of sp³-hybridized carbons (Fsp3) is 0.571. The second-order valence-corrected chi connectivity index (χ2v) is 4.90. The maximum atomic E-state index is 13.0. The summed E-state index contributed by atoms with van der Waals surface area (Å²) in [5.41, 5.74) is 1.00. The Morgan fingerprint density at radius 3 is 2.89 bits per heavy atom. The first-order chi connectivity index (χ1) is 8.75. The van der Waals surface area contributed by atoms with Crippen molar-refractivity contribution in [2.75, 3.05) is 32.7 Å². The van der Waals surface area contributed by atoms with E-state index in [2.05, 4.69) is 22.5 Å². The Labute approximate surface area is 108 Å². The van der Waals surface area contributed by atoms with Gasteiger partial charge in [0.05, 0.1) is 0 Å². The lowest BCUT2D eigenvalue weighted by atomic mass is 10.2. The molecule has 1 aliphatic rings. The smallest absolute Gasteiger partial charge is 0.123 e. The minimum atomic E-state index is -0.163. The molecule has 1 fully saturated rings. The molecule has 18 heavy (non-hydrogen) atoms. The third-order valence-electron chi connectivity index (χ3n) is 3.43. The second kappa shape index (κ2) is 6.83. The Hall–Kier alpha value is -0.970. The minimum absolute atomic E-state index is 0.163. The van der Waals surface area contributed by atoms with Crippen LogP contribution < -0.4 is 10.6 Å². The Morgan fingerprint density at radius 1 is 1.39 bits per heavy atom. The van der Waals surface area contributed by atoms with E-state index in [0.29, 0.717) is 6.04 Å². The average Bonchev–Trinajstić information content (AvgIpc) is 2.40. The molecule has 1 aromatic carbocycles. The van der Waals surface area contributed by atoms with Crippen LogP contribution in [0.1, 0.15) is 12.5 Å². The molecule has 100 valence electrons. The minimum Gasteiger partial charge on any atom is -0.314 e. The SMILES string of the molecule is CC(CNCc1cccc(F)c1)N1CCNCC1. The topological polar surface area (TPSA) is 27.3 Å². The summed E-state index contributed by atoms with van der Waals surface area (Å²) in [6.45, 7) is 8.29. The molecule has 0 aliphatic carbocycles. The van der Waals surface area contributed by atoms with Gasteiger partial charge in [-0.05, 0) is 24.6 Å². The molecule has 0 radical (unpaired) electrons. The predicted octanol–water partition coefficient (Wildman–Crippen LogP) is 1.21. The summed E-state index contributed by atoms with van der Waals surface area (Å²) in [4.78, 5) is 2.48. The summed E-state index contributed by atoms with van der Waals surface area (Å²) in [5, 5.41) is 6.75. The zero-order valence-corrected chi connectivity index (χ0v) is 11.0. The Bertz CT molecular complexity index is 364. The fourth-order valence-corrected chi connectivity index (χ4v) is 2.32. The maximum absolute atomic E-state index is 13.0. The van der Waals surface area contributed by atoms with Crippen molar-refractivity contribution < 1.29 is 4.39 Å². The van der Waals surface area contributed by atoms with Gasteiger partial charge in [0.1, 0.15) is 5.82 Å². The van der Waals surface area contributed by atoms with Crippen molar-refractivity contribution in [3.05, 3.63) is 35.6 Å². The molecule has 0 saturated carbocycles. The van der Waals surface area contributed by atoms with Gasteiger partial charge >= 0.3 is 0 Å². The average molecular weight is 251 g/mol. The van der Waals surface area contributed by atoms with Gasteiger partial charge in [0.2, 0.25) is 0 Å². The molecule has 0 bridgehead atoms. The lowest BCUT2D eigenvalue weighted by Gasteiger charge is -2.32. The Morgan fingerprint density at radius 2 is 2.17 bits per heavy atom. The van der Waals surface area contributed by atoms with Gasteiger partial charge in [-0.2, -0.15) is 0 Å². The van der Waals surface area contributed by atoms with E-state index in [0.717, 1.165) is 44.8 Å². The van der Waals surface area contributed by atoms with Crippen LogP contribution >= 0.6 is 0 Å². The van der Waals surface area contributed by atoms with Gasteiger partial charge in [-0.3, -0.25) is 4.90 Å². The molecule has 1 aromatic rings. The number of nitrogens with one attached hydrogen (secondary N) is 2. The van der Waals surface area contributed by atoms with E-state index >= 15 is 0 Å². The van der Waals surface area contributed by atoms with Gasteiger partial charge < -0.3 is 10.6 Å². The highest BCUT2D eigenvalue weighted by Gasteiger charge is 2.15. The molecule has 1 heterocycles. The van der Waals surface area contributed by atoms with E-state index in [1.807, 2.05) is 6.07 Å². The van der Waals surface area contributed by atoms with Crippen LogP contribution in [0.2, 0.25) is 0 Å². The summed E-state index contributed by atoms with van der Waals surface area (Å²) in [6.07, 6.45) is 0. The van der Waals surface area contributed by atoms with E-state index in [1.165, 1.54) is 6.07 Å². The number of rotatable bonds is 5. The largest absolute Gasteiger partial charge is 0.314 e. The highest BCUT2D eigenvalue weighted by atomic mass is 19.1. The van der Waals surface area contributed by atoms with Crippen molar-refractivity contribution in [3.8, 4) is 0 Å². The van der Waals surface area contributed by atoms with Crippen LogP contribution in [0.15, 0.2) is 24.3 Å². The third kappa shape index (κ3) is 4.05. The van der Waals surface area contributed by atoms with Crippen molar-refractivity contribution in [1.29, 1.82) is 0 Å². The maximum Gasteiger partial charge on any atom is 0.123 e. The predicted molar refractivity (Wildman–Crippen MR) is 72.0 cm³/mol. The zero-order valence-electron chi connectivity index (χ0n) is 11.0. The normalized spacial score (nSPS) is 18.8. The van der Waals surface area contributed by atoms with E-state index < -0.39 is 0 Å². The third-order valence-corrected chi connectivity index (χ3v) is 3.43. The molecule has 4 heteroatoms. The highest BCUT2D eigenvalue weighted by Crippen LogP contribution is 2.04. The van der Waals surface area contributed by atoms with Gasteiger partial charge in [-0.1, -0.05) is 12.1 Å². The number of hydrogen-bond donors (Lipinski definition) is 2. The number of benzene rings is 1. The van der Waals surface area contributed by atoms with E-state index in [1.54, 1.807) is 12.1 Å². The highest BCUT2D eigenvalue weighted by molar-refractivity contribution is 5.15. The number of piperazine rings is 1. The monoisotopic (exact) mass is 251 g/mol. The zero-order chi connectivity index (χ0) is 12.8. The quantitative estimate of drug-likeness (QED) is 0.823. The second-order valence-electron chi connectivity index (χ2n) is 4.90. The first-order valence-electron chi connectivity index (χ1n) is 6.65. The van der Waals surface area contributed by atoms with Crippen molar-refractivity contribution in [3.63, 3.8) is 0 Å². The number of nitrogens with zero attached hydrogens (tertiary/aromatic N) is 1. The number of hydrogen-bond acceptors (Lipinski definition) is 3. The number of halogens is 1. The van der Waals surface area contributed by atoms with Crippen molar-refractivity contribution >= 4 is 0 Å². The fourth-order valence-electron chi connectivity index (χ4n) is 2.32. The molecule has 1 saturated heterocycles. The summed E-state index contributed by atoms with van der Waals surface area (Å²) >= 11 is 0. The van der Waals surface area contributed by atoms with E-state index in [9.17, 15) is 4.39 Å². The van der Waals surface area contributed by atoms with Crippen LogP contribution in [-0.4, -0.2) is 43.7 Å². The first-order valence-corrected chi connectivity index (χ1v) is 6.65. The Kier molecular flexibility index (Phi) is 5.11.